The minimum Gasteiger partial charge on any atom is -0.330 e. The molecular weight excluding hydrogens is 314 g/mol. The molecule has 0 aromatic rings. The molecule has 4 aliphatic carbocycles. The third kappa shape index (κ3) is 2.93. The average molecular weight is 356 g/mol. The summed E-state index contributed by atoms with van der Waals surface area (Å²) < 4.78 is 0. The van der Waals surface area contributed by atoms with Gasteiger partial charge in [0.1, 0.15) is 0 Å². The Bertz CT molecular complexity index is 563. The van der Waals surface area contributed by atoms with Gasteiger partial charge in [-0.2, -0.15) is 0 Å². The van der Waals surface area contributed by atoms with Crippen LogP contribution in [0.4, 0.5) is 0 Å². The van der Waals surface area contributed by atoms with Crippen molar-refractivity contribution in [1.29, 1.82) is 0 Å². The molecule has 4 saturated carbocycles. The molecule has 4 rings (SSSR count). The molecule has 146 valence electrons. The third-order valence-corrected chi connectivity index (χ3v) is 9.64. The van der Waals surface area contributed by atoms with Crippen LogP contribution in [0.2, 0.25) is 0 Å². The van der Waals surface area contributed by atoms with Gasteiger partial charge in [-0.1, -0.05) is 38.2 Å². The van der Waals surface area contributed by atoms with E-state index in [1.54, 1.807) is 5.57 Å². The number of rotatable bonds is 4. The lowest BCUT2D eigenvalue weighted by atomic mass is 9.44. The number of unbranched alkanes of at least 4 members (excludes halogenated alkanes) is 1. The van der Waals surface area contributed by atoms with Gasteiger partial charge in [-0.25, -0.2) is 0 Å². The number of fused-ring (bicyclic) bond motifs is 5. The second-order valence-electron chi connectivity index (χ2n) is 10.6. The molecule has 4 fully saturated rings. The first kappa shape index (κ1) is 18.8. The van der Waals surface area contributed by atoms with Crippen molar-refractivity contribution in [3.8, 4) is 0 Å². The van der Waals surface area contributed by atoms with Crippen molar-refractivity contribution in [2.75, 3.05) is 6.54 Å². The highest BCUT2D eigenvalue weighted by Crippen LogP contribution is 2.67. The summed E-state index contributed by atoms with van der Waals surface area (Å²) in [5, 5.41) is 0. The summed E-state index contributed by atoms with van der Waals surface area (Å²) in [6, 6.07) is 0. The standard InChI is InChI=1S/C25H41N/c1-18-8-11-22-21-10-9-20-17-19(7-5-4-6-16-26)12-14-25(20,3)23(21)13-15-24(18,22)2/h5,7,19-23H,1,4,6,8-17,26H2,2-3H3/b7-5+/t19-,20?,21?,22?,23?,24-,25+/m1/s1. The lowest BCUT2D eigenvalue weighted by molar-refractivity contribution is -0.103. The highest BCUT2D eigenvalue weighted by molar-refractivity contribution is 5.21. The average Bonchev–Trinajstić information content (AvgIpc) is 2.94. The van der Waals surface area contributed by atoms with Crippen LogP contribution >= 0.6 is 0 Å². The monoisotopic (exact) mass is 355 g/mol. The van der Waals surface area contributed by atoms with Crippen LogP contribution in [0.1, 0.15) is 84.5 Å². The molecule has 0 bridgehead atoms. The van der Waals surface area contributed by atoms with Crippen molar-refractivity contribution >= 4 is 0 Å². The van der Waals surface area contributed by atoms with Gasteiger partial charge in [-0.05, 0) is 118 Å². The summed E-state index contributed by atoms with van der Waals surface area (Å²) in [5.74, 6) is 4.73. The fraction of sp³-hybridized carbons (Fsp3) is 0.840. The van der Waals surface area contributed by atoms with Crippen molar-refractivity contribution in [1.82, 2.24) is 0 Å². The molecule has 0 radical (unpaired) electrons. The smallest absolute Gasteiger partial charge is 0.00743 e. The molecule has 7 atom stereocenters. The van der Waals surface area contributed by atoms with Crippen molar-refractivity contribution < 1.29 is 0 Å². The van der Waals surface area contributed by atoms with Gasteiger partial charge in [0, 0.05) is 0 Å². The zero-order valence-corrected chi connectivity index (χ0v) is 17.3. The van der Waals surface area contributed by atoms with Gasteiger partial charge in [-0.15, -0.1) is 0 Å². The molecule has 0 aromatic carbocycles. The van der Waals surface area contributed by atoms with E-state index >= 15 is 0 Å². The summed E-state index contributed by atoms with van der Waals surface area (Å²) in [5.41, 5.74) is 8.31. The van der Waals surface area contributed by atoms with Crippen LogP contribution < -0.4 is 5.73 Å². The SMILES string of the molecule is C=C1CCC2C3CCC4C[C@H](/C=C/CCCN)CC[C@]4(C)C3CC[C@]12C. The van der Waals surface area contributed by atoms with Gasteiger partial charge in [0.15, 0.2) is 0 Å². The number of hydrogen-bond donors (Lipinski definition) is 1. The van der Waals surface area contributed by atoms with E-state index in [1.807, 2.05) is 0 Å². The molecule has 4 unspecified atom stereocenters. The fourth-order valence-electron chi connectivity index (χ4n) is 7.90. The molecule has 2 N–H and O–H groups in total. The molecule has 26 heavy (non-hydrogen) atoms. The minimum absolute atomic E-state index is 0.479. The molecule has 0 aliphatic heterocycles. The topological polar surface area (TPSA) is 26.0 Å². The van der Waals surface area contributed by atoms with Crippen LogP contribution in [0, 0.1) is 40.4 Å². The van der Waals surface area contributed by atoms with E-state index in [2.05, 4.69) is 32.6 Å². The summed E-state index contributed by atoms with van der Waals surface area (Å²) >= 11 is 0. The number of nitrogens with two attached hydrogens (primary N) is 1. The molecule has 4 aliphatic rings. The Morgan fingerprint density at radius 3 is 2.73 bits per heavy atom. The third-order valence-electron chi connectivity index (χ3n) is 9.64. The van der Waals surface area contributed by atoms with E-state index in [-0.39, 0.29) is 0 Å². The Balaban J connectivity index is 1.46. The Kier molecular flexibility index (Phi) is 5.14. The van der Waals surface area contributed by atoms with Crippen LogP contribution in [0.15, 0.2) is 24.3 Å². The Morgan fingerprint density at radius 1 is 1.08 bits per heavy atom. The largest absolute Gasteiger partial charge is 0.330 e. The summed E-state index contributed by atoms with van der Waals surface area (Å²) in [7, 11) is 0. The molecule has 1 heteroatoms. The van der Waals surface area contributed by atoms with E-state index in [0.29, 0.717) is 10.8 Å². The minimum atomic E-state index is 0.479. The molecule has 0 heterocycles. The van der Waals surface area contributed by atoms with Crippen LogP contribution in [-0.4, -0.2) is 6.54 Å². The van der Waals surface area contributed by atoms with Gasteiger partial charge >= 0.3 is 0 Å². The van der Waals surface area contributed by atoms with E-state index < -0.39 is 0 Å². The van der Waals surface area contributed by atoms with Crippen LogP contribution in [0.25, 0.3) is 0 Å². The van der Waals surface area contributed by atoms with E-state index in [0.717, 1.165) is 42.6 Å². The van der Waals surface area contributed by atoms with E-state index in [9.17, 15) is 0 Å². The Hall–Kier alpha value is -0.560. The van der Waals surface area contributed by atoms with E-state index in [4.69, 9.17) is 5.73 Å². The number of hydrogen-bond acceptors (Lipinski definition) is 1. The van der Waals surface area contributed by atoms with Gasteiger partial charge in [0.2, 0.25) is 0 Å². The van der Waals surface area contributed by atoms with Gasteiger partial charge in [0.05, 0.1) is 0 Å². The maximum absolute atomic E-state index is 5.63. The molecule has 0 aromatic heterocycles. The Morgan fingerprint density at radius 2 is 1.92 bits per heavy atom. The molecular formula is C25H41N. The van der Waals surface area contributed by atoms with Gasteiger partial charge < -0.3 is 5.73 Å². The second-order valence-corrected chi connectivity index (χ2v) is 10.6. The predicted octanol–water partition coefficient (Wildman–Crippen LogP) is 6.50. The second kappa shape index (κ2) is 7.12. The highest BCUT2D eigenvalue weighted by atomic mass is 14.6. The lowest BCUT2D eigenvalue weighted by Gasteiger charge is -2.60. The molecule has 0 saturated heterocycles. The first-order valence-electron chi connectivity index (χ1n) is 11.5. The van der Waals surface area contributed by atoms with Gasteiger partial charge in [0.25, 0.3) is 0 Å². The van der Waals surface area contributed by atoms with Crippen molar-refractivity contribution in [3.63, 3.8) is 0 Å². The van der Waals surface area contributed by atoms with Crippen molar-refractivity contribution in [2.45, 2.75) is 84.5 Å². The molecule has 1 nitrogen and oxygen atoms in total. The van der Waals surface area contributed by atoms with Gasteiger partial charge in [-0.3, -0.25) is 0 Å². The maximum atomic E-state index is 5.63. The predicted molar refractivity (Wildman–Crippen MR) is 112 cm³/mol. The zero-order chi connectivity index (χ0) is 18.4. The normalized spacial score (nSPS) is 48.3. The van der Waals surface area contributed by atoms with E-state index in [1.165, 1.54) is 64.2 Å². The fourth-order valence-corrected chi connectivity index (χ4v) is 7.90. The maximum Gasteiger partial charge on any atom is -0.00743 e. The highest BCUT2D eigenvalue weighted by Gasteiger charge is 2.58. The lowest BCUT2D eigenvalue weighted by Crippen LogP contribution is -2.52. The molecule has 0 spiro atoms. The Labute approximate surface area is 161 Å². The van der Waals surface area contributed by atoms with Crippen LogP contribution in [-0.2, 0) is 0 Å². The zero-order valence-electron chi connectivity index (χ0n) is 17.3. The quantitative estimate of drug-likeness (QED) is 0.452. The summed E-state index contributed by atoms with van der Waals surface area (Å²) in [6.07, 6.45) is 20.2. The molecule has 0 amide bonds. The number of allylic oxidation sites excluding steroid dienone is 3. The van der Waals surface area contributed by atoms with Crippen molar-refractivity contribution in [2.24, 2.45) is 46.2 Å². The van der Waals surface area contributed by atoms with Crippen LogP contribution in [0.5, 0.6) is 0 Å². The first-order valence-corrected chi connectivity index (χ1v) is 11.5. The summed E-state index contributed by atoms with van der Waals surface area (Å²) in [6.45, 7) is 10.6. The first-order chi connectivity index (χ1) is 12.5. The van der Waals surface area contributed by atoms with Crippen molar-refractivity contribution in [3.05, 3.63) is 24.3 Å². The van der Waals surface area contributed by atoms with Crippen LogP contribution in [0.3, 0.4) is 0 Å². The summed E-state index contributed by atoms with van der Waals surface area (Å²) in [4.78, 5) is 0.